The quantitative estimate of drug-likeness (QED) is 0.636. The number of nitro benzene ring substituents is 1. The van der Waals surface area contributed by atoms with E-state index in [1.165, 1.54) is 19.2 Å². The summed E-state index contributed by atoms with van der Waals surface area (Å²) in [6.45, 7) is 0. The molecule has 6 heteroatoms. The first-order valence-electron chi connectivity index (χ1n) is 5.09. The molecule has 2 atom stereocenters. The molecule has 0 bridgehead atoms. The van der Waals surface area contributed by atoms with E-state index in [0.717, 1.165) is 5.56 Å². The highest BCUT2D eigenvalue weighted by atomic mass is 16.6. The van der Waals surface area contributed by atoms with Gasteiger partial charge in [-0.15, -0.1) is 0 Å². The molecule has 0 radical (unpaired) electrons. The summed E-state index contributed by atoms with van der Waals surface area (Å²) >= 11 is 0. The third-order valence-corrected chi connectivity index (χ3v) is 2.93. The first-order valence-corrected chi connectivity index (χ1v) is 5.09. The van der Waals surface area contributed by atoms with E-state index in [-0.39, 0.29) is 11.6 Å². The summed E-state index contributed by atoms with van der Waals surface area (Å²) in [6.07, 6.45) is 0.559. The molecule has 1 N–H and O–H groups in total. The van der Waals surface area contributed by atoms with Gasteiger partial charge in [-0.2, -0.15) is 0 Å². The van der Waals surface area contributed by atoms with Crippen LogP contribution in [-0.4, -0.2) is 23.1 Å². The maximum absolute atomic E-state index is 10.8. The number of methoxy groups -OCH3 is 1. The van der Waals surface area contributed by atoms with Crippen LogP contribution < -0.4 is 4.74 Å². The van der Waals surface area contributed by atoms with Crippen molar-refractivity contribution >= 4 is 11.7 Å². The van der Waals surface area contributed by atoms with Crippen LogP contribution in [0.2, 0.25) is 0 Å². The number of non-ortho nitro benzene ring substituents is 1. The second-order valence-electron chi connectivity index (χ2n) is 3.97. The monoisotopic (exact) mass is 237 g/mol. The smallest absolute Gasteiger partial charge is 0.307 e. The summed E-state index contributed by atoms with van der Waals surface area (Å²) in [6, 6.07) is 4.27. The van der Waals surface area contributed by atoms with Gasteiger partial charge >= 0.3 is 5.97 Å². The zero-order valence-corrected chi connectivity index (χ0v) is 9.12. The Bertz CT molecular complexity index is 485. The molecule has 17 heavy (non-hydrogen) atoms. The Kier molecular flexibility index (Phi) is 2.71. The first-order chi connectivity index (χ1) is 8.04. The normalized spacial score (nSPS) is 21.9. The van der Waals surface area contributed by atoms with Crippen LogP contribution in [0.25, 0.3) is 0 Å². The van der Waals surface area contributed by atoms with Gasteiger partial charge in [0, 0.05) is 12.0 Å². The second kappa shape index (κ2) is 4.04. The predicted molar refractivity (Wildman–Crippen MR) is 58.1 cm³/mol. The number of hydrogen-bond donors (Lipinski definition) is 1. The second-order valence-corrected chi connectivity index (χ2v) is 3.97. The van der Waals surface area contributed by atoms with Gasteiger partial charge in [-0.25, -0.2) is 0 Å². The van der Waals surface area contributed by atoms with Crippen molar-refractivity contribution in [3.8, 4) is 5.75 Å². The van der Waals surface area contributed by atoms with Gasteiger partial charge in [0.25, 0.3) is 5.69 Å². The van der Waals surface area contributed by atoms with E-state index in [4.69, 9.17) is 9.84 Å². The fourth-order valence-electron chi connectivity index (χ4n) is 1.93. The maximum atomic E-state index is 10.8. The number of ether oxygens (including phenoxy) is 1. The van der Waals surface area contributed by atoms with E-state index in [1.54, 1.807) is 6.07 Å². The lowest BCUT2D eigenvalue weighted by molar-refractivity contribution is -0.384. The molecule has 0 aromatic heterocycles. The van der Waals surface area contributed by atoms with Crippen molar-refractivity contribution in [2.75, 3.05) is 7.11 Å². The van der Waals surface area contributed by atoms with Gasteiger partial charge in [0.15, 0.2) is 0 Å². The molecule has 0 saturated heterocycles. The van der Waals surface area contributed by atoms with Crippen molar-refractivity contribution in [2.24, 2.45) is 5.92 Å². The zero-order valence-electron chi connectivity index (χ0n) is 9.12. The van der Waals surface area contributed by atoms with Crippen LogP contribution >= 0.6 is 0 Å². The van der Waals surface area contributed by atoms with Crippen LogP contribution in [0.1, 0.15) is 17.9 Å². The highest BCUT2D eigenvalue weighted by Crippen LogP contribution is 2.50. The molecule has 2 rings (SSSR count). The summed E-state index contributed by atoms with van der Waals surface area (Å²) in [5, 5.41) is 19.4. The third kappa shape index (κ3) is 2.06. The zero-order chi connectivity index (χ0) is 12.6. The predicted octanol–water partition coefficient (Wildman–Crippen LogP) is 1.79. The Labute approximate surface area is 97.0 Å². The lowest BCUT2D eigenvalue weighted by Crippen LogP contribution is -2.00. The average molecular weight is 237 g/mol. The van der Waals surface area contributed by atoms with Crippen molar-refractivity contribution in [3.63, 3.8) is 0 Å². The minimum atomic E-state index is -0.838. The number of carboxylic acids is 1. The molecule has 0 unspecified atom stereocenters. The molecule has 1 aromatic rings. The maximum Gasteiger partial charge on any atom is 0.307 e. The lowest BCUT2D eigenvalue weighted by Gasteiger charge is -2.07. The van der Waals surface area contributed by atoms with Crippen molar-refractivity contribution in [2.45, 2.75) is 12.3 Å². The van der Waals surface area contributed by atoms with Crippen LogP contribution in [0.3, 0.4) is 0 Å². The minimum absolute atomic E-state index is 0.0573. The molecule has 0 heterocycles. The van der Waals surface area contributed by atoms with E-state index in [2.05, 4.69) is 0 Å². The van der Waals surface area contributed by atoms with Crippen molar-refractivity contribution in [1.82, 2.24) is 0 Å². The number of aliphatic carboxylic acids is 1. The van der Waals surface area contributed by atoms with Gasteiger partial charge in [-0.1, -0.05) is 0 Å². The van der Waals surface area contributed by atoms with Gasteiger partial charge in [0.05, 0.1) is 24.0 Å². The van der Waals surface area contributed by atoms with E-state index in [0.29, 0.717) is 12.2 Å². The molecule has 1 saturated carbocycles. The summed E-state index contributed by atoms with van der Waals surface area (Å²) < 4.78 is 5.07. The standard InChI is InChI=1S/C11H11NO5/c1-17-10-4-6(12(15)16)2-3-7(10)8-5-9(8)11(13)14/h2-4,8-9H,5H2,1H3,(H,13,14)/t8-,9+/m0/s1. The molecule has 6 nitrogen and oxygen atoms in total. The SMILES string of the molecule is COc1cc([N+](=O)[O-])ccc1[C@@H]1C[C@H]1C(=O)O. The molecule has 1 fully saturated rings. The number of carboxylic acid groups (broad SMARTS) is 1. The first kappa shape index (κ1) is 11.4. The highest BCUT2D eigenvalue weighted by Gasteiger charge is 2.45. The molecule has 90 valence electrons. The molecule has 0 aliphatic heterocycles. The van der Waals surface area contributed by atoms with Gasteiger partial charge in [-0.3, -0.25) is 14.9 Å². The Hall–Kier alpha value is -2.11. The van der Waals surface area contributed by atoms with E-state index >= 15 is 0 Å². The number of rotatable bonds is 4. The van der Waals surface area contributed by atoms with Gasteiger partial charge in [-0.05, 0) is 18.1 Å². The van der Waals surface area contributed by atoms with Crippen LogP contribution in [0.15, 0.2) is 18.2 Å². The molecular weight excluding hydrogens is 226 g/mol. The van der Waals surface area contributed by atoms with Crippen LogP contribution in [-0.2, 0) is 4.79 Å². The largest absolute Gasteiger partial charge is 0.496 e. The highest BCUT2D eigenvalue weighted by molar-refractivity contribution is 5.75. The van der Waals surface area contributed by atoms with Crippen LogP contribution in [0.4, 0.5) is 5.69 Å². The summed E-state index contributed by atoms with van der Waals surface area (Å²) in [4.78, 5) is 20.9. The summed E-state index contributed by atoms with van der Waals surface area (Å²) in [5.74, 6) is -0.947. The van der Waals surface area contributed by atoms with E-state index in [1.807, 2.05) is 0 Å². The Morgan fingerprint density at radius 3 is 2.76 bits per heavy atom. The summed E-state index contributed by atoms with van der Waals surface area (Å²) in [5.41, 5.74) is 0.670. The van der Waals surface area contributed by atoms with Gasteiger partial charge in [0.1, 0.15) is 5.75 Å². The number of carbonyl (C=O) groups is 1. The van der Waals surface area contributed by atoms with Gasteiger partial charge in [0.2, 0.25) is 0 Å². The molecule has 1 aromatic carbocycles. The number of nitro groups is 1. The number of nitrogens with zero attached hydrogens (tertiary/aromatic N) is 1. The van der Waals surface area contributed by atoms with Gasteiger partial charge < -0.3 is 9.84 Å². The molecule has 1 aliphatic carbocycles. The van der Waals surface area contributed by atoms with Crippen molar-refractivity contribution in [1.29, 1.82) is 0 Å². The van der Waals surface area contributed by atoms with Crippen LogP contribution in [0, 0.1) is 16.0 Å². The molecule has 1 aliphatic rings. The fourth-order valence-corrected chi connectivity index (χ4v) is 1.93. The van der Waals surface area contributed by atoms with Crippen molar-refractivity contribution < 1.29 is 19.6 Å². The number of hydrogen-bond acceptors (Lipinski definition) is 4. The summed E-state index contributed by atoms with van der Waals surface area (Å²) in [7, 11) is 1.42. The Morgan fingerprint density at radius 1 is 1.59 bits per heavy atom. The number of benzene rings is 1. The van der Waals surface area contributed by atoms with E-state index in [9.17, 15) is 14.9 Å². The molecule has 0 spiro atoms. The lowest BCUT2D eigenvalue weighted by atomic mass is 10.1. The fraction of sp³-hybridized carbons (Fsp3) is 0.364. The Morgan fingerprint density at radius 2 is 2.29 bits per heavy atom. The van der Waals surface area contributed by atoms with Crippen molar-refractivity contribution in [3.05, 3.63) is 33.9 Å². The molecule has 0 amide bonds. The van der Waals surface area contributed by atoms with E-state index < -0.39 is 16.8 Å². The topological polar surface area (TPSA) is 89.7 Å². The molecular formula is C11H11NO5. The third-order valence-electron chi connectivity index (χ3n) is 2.93. The van der Waals surface area contributed by atoms with Crippen LogP contribution in [0.5, 0.6) is 5.75 Å². The Balaban J connectivity index is 2.30. The average Bonchev–Trinajstić information content (AvgIpc) is 3.08. The minimum Gasteiger partial charge on any atom is -0.496 e.